The van der Waals surface area contributed by atoms with Crippen molar-refractivity contribution in [1.29, 1.82) is 0 Å². The second-order valence-corrected chi connectivity index (χ2v) is 15.7. The van der Waals surface area contributed by atoms with Crippen LogP contribution in [0.15, 0.2) is 206 Å². The van der Waals surface area contributed by atoms with Crippen LogP contribution in [0.5, 0.6) is 0 Å². The summed E-state index contributed by atoms with van der Waals surface area (Å²) in [7, 11) is 0. The lowest BCUT2D eigenvalue weighted by Crippen LogP contribution is -2.11. The summed E-state index contributed by atoms with van der Waals surface area (Å²) in [5.41, 5.74) is 6.88. The van der Waals surface area contributed by atoms with Crippen LogP contribution in [0.3, 0.4) is 0 Å². The lowest BCUT2D eigenvalue weighted by molar-refractivity contribution is 1.17. The van der Waals surface area contributed by atoms with Crippen LogP contribution < -0.4 is 4.90 Å². The average Bonchev–Trinajstić information content (AvgIpc) is 3.62. The van der Waals surface area contributed by atoms with Crippen molar-refractivity contribution < 1.29 is 0 Å². The molecule has 12 aromatic carbocycles. The highest BCUT2D eigenvalue weighted by Crippen LogP contribution is 2.47. The second kappa shape index (κ2) is 11.9. The van der Waals surface area contributed by atoms with E-state index in [1.165, 1.54) is 97.2 Å². The lowest BCUT2D eigenvalue weighted by atomic mass is 9.87. The lowest BCUT2D eigenvalue weighted by Gasteiger charge is -2.28. The predicted octanol–water partition coefficient (Wildman–Crippen LogP) is 15.8. The quantitative estimate of drug-likeness (QED) is 0.163. The molecule has 58 heavy (non-hydrogen) atoms. The summed E-state index contributed by atoms with van der Waals surface area (Å²) in [5, 5.41) is 20.3. The van der Waals surface area contributed by atoms with Crippen LogP contribution in [0.4, 0.5) is 17.1 Å². The first kappa shape index (κ1) is 31.5. The van der Waals surface area contributed by atoms with Crippen molar-refractivity contribution in [1.82, 2.24) is 4.57 Å². The van der Waals surface area contributed by atoms with E-state index in [1.54, 1.807) is 0 Å². The van der Waals surface area contributed by atoms with E-state index in [2.05, 4.69) is 216 Å². The molecule has 0 fully saturated rings. The molecule has 268 valence electrons. The van der Waals surface area contributed by atoms with Gasteiger partial charge in [-0.15, -0.1) is 0 Å². The van der Waals surface area contributed by atoms with Crippen molar-refractivity contribution in [3.8, 4) is 5.69 Å². The zero-order valence-corrected chi connectivity index (χ0v) is 31.5. The first-order valence-electron chi connectivity index (χ1n) is 20.1. The highest BCUT2D eigenvalue weighted by atomic mass is 15.1. The molecule has 0 atom stereocenters. The average molecular weight is 735 g/mol. The minimum absolute atomic E-state index is 1.10. The Morgan fingerprint density at radius 3 is 1.40 bits per heavy atom. The molecule has 0 spiro atoms. The second-order valence-electron chi connectivity index (χ2n) is 15.7. The predicted molar refractivity (Wildman–Crippen MR) is 249 cm³/mol. The van der Waals surface area contributed by atoms with Crippen LogP contribution in [0.2, 0.25) is 0 Å². The molecule has 0 amide bonds. The van der Waals surface area contributed by atoms with Crippen molar-refractivity contribution in [2.24, 2.45) is 0 Å². The fourth-order valence-electron chi connectivity index (χ4n) is 10.2. The van der Waals surface area contributed by atoms with E-state index >= 15 is 0 Å². The molecule has 0 aliphatic rings. The van der Waals surface area contributed by atoms with Gasteiger partial charge in [-0.3, -0.25) is 0 Å². The fourth-order valence-corrected chi connectivity index (χ4v) is 10.2. The van der Waals surface area contributed by atoms with E-state index in [1.807, 2.05) is 0 Å². The summed E-state index contributed by atoms with van der Waals surface area (Å²) >= 11 is 0. The number of aromatic nitrogens is 1. The van der Waals surface area contributed by atoms with Gasteiger partial charge in [0.25, 0.3) is 0 Å². The Hall–Kier alpha value is -7.68. The van der Waals surface area contributed by atoms with Crippen LogP contribution in [0, 0.1) is 0 Å². The van der Waals surface area contributed by atoms with Crippen molar-refractivity contribution in [3.63, 3.8) is 0 Å². The van der Waals surface area contributed by atoms with Gasteiger partial charge in [0.2, 0.25) is 0 Å². The number of anilines is 3. The number of hydrogen-bond acceptors (Lipinski definition) is 1. The van der Waals surface area contributed by atoms with E-state index in [4.69, 9.17) is 0 Å². The maximum Gasteiger partial charge on any atom is 0.0541 e. The third kappa shape index (κ3) is 4.37. The van der Waals surface area contributed by atoms with Gasteiger partial charge in [-0.1, -0.05) is 158 Å². The van der Waals surface area contributed by atoms with Crippen LogP contribution in [0.25, 0.3) is 103 Å². The van der Waals surface area contributed by atoms with Gasteiger partial charge in [0, 0.05) is 33.2 Å². The van der Waals surface area contributed by atoms with E-state index in [0.717, 1.165) is 22.7 Å². The summed E-state index contributed by atoms with van der Waals surface area (Å²) in [6.07, 6.45) is 0. The largest absolute Gasteiger partial charge is 0.310 e. The molecule has 0 aliphatic carbocycles. The zero-order valence-electron chi connectivity index (χ0n) is 31.5. The van der Waals surface area contributed by atoms with Gasteiger partial charge in [-0.05, 0) is 119 Å². The minimum atomic E-state index is 1.10. The SMILES string of the molecule is c1cc(N(c2cc3ccc4cccc5c6cccc7ccc8cccc(c(c2)c3c45)c8c76)c2cccc3ccccc23)cc(-n2c3ccccc3c3ccccc32)c1. The van der Waals surface area contributed by atoms with E-state index < -0.39 is 0 Å². The normalized spacial score (nSPS) is 12.1. The molecule has 0 saturated heterocycles. The Morgan fingerprint density at radius 2 is 0.741 bits per heavy atom. The number of nitrogens with zero attached hydrogens (tertiary/aromatic N) is 2. The van der Waals surface area contributed by atoms with Gasteiger partial charge >= 0.3 is 0 Å². The standard InChI is InChI=1S/C56H34N2/c1-2-19-43-35(12-1)13-10-27-50(43)57(40-17-11-18-41(33-40)58-51-25-5-3-20-44(51)45-21-4-6-26-52(45)58)42-32-39-31-30-38-15-8-23-47-46-22-7-14-36-28-29-37-16-9-24-48(55(37)53(36)46)49(34-42)56(39)54(38)47/h1-34H. The molecule has 1 heterocycles. The molecule has 0 unspecified atom stereocenters. The summed E-state index contributed by atoms with van der Waals surface area (Å²) < 4.78 is 2.42. The molecule has 13 aromatic rings. The van der Waals surface area contributed by atoms with Crippen LogP contribution in [0.1, 0.15) is 0 Å². The Kier molecular flexibility index (Phi) is 6.47. The van der Waals surface area contributed by atoms with Crippen LogP contribution in [-0.4, -0.2) is 4.57 Å². The zero-order chi connectivity index (χ0) is 37.9. The number of para-hydroxylation sites is 2. The molecular weight excluding hydrogens is 701 g/mol. The van der Waals surface area contributed by atoms with Gasteiger partial charge in [0.05, 0.1) is 16.7 Å². The maximum atomic E-state index is 2.49. The van der Waals surface area contributed by atoms with E-state index in [-0.39, 0.29) is 0 Å². The first-order valence-corrected chi connectivity index (χ1v) is 20.1. The van der Waals surface area contributed by atoms with Gasteiger partial charge in [0.15, 0.2) is 0 Å². The topological polar surface area (TPSA) is 8.17 Å². The molecule has 0 radical (unpaired) electrons. The molecule has 0 N–H and O–H groups in total. The maximum absolute atomic E-state index is 2.49. The van der Waals surface area contributed by atoms with Crippen molar-refractivity contribution >= 4 is 114 Å². The Labute approximate surface area is 334 Å². The van der Waals surface area contributed by atoms with Crippen molar-refractivity contribution in [2.75, 3.05) is 4.90 Å². The van der Waals surface area contributed by atoms with Gasteiger partial charge in [0.1, 0.15) is 0 Å². The van der Waals surface area contributed by atoms with Gasteiger partial charge in [-0.25, -0.2) is 0 Å². The number of rotatable bonds is 4. The third-order valence-corrected chi connectivity index (χ3v) is 12.6. The molecule has 0 bridgehead atoms. The smallest absolute Gasteiger partial charge is 0.0541 e. The number of fused-ring (bicyclic) bond motifs is 6. The number of benzene rings is 11. The third-order valence-electron chi connectivity index (χ3n) is 12.6. The first-order chi connectivity index (χ1) is 28.8. The number of hydrogen-bond donors (Lipinski definition) is 0. The van der Waals surface area contributed by atoms with Gasteiger partial charge in [-0.2, -0.15) is 0 Å². The Morgan fingerprint density at radius 1 is 0.276 bits per heavy atom. The Bertz CT molecular complexity index is 3750. The van der Waals surface area contributed by atoms with Gasteiger partial charge < -0.3 is 9.47 Å². The summed E-state index contributed by atoms with van der Waals surface area (Å²) in [5.74, 6) is 0. The molecule has 2 nitrogen and oxygen atoms in total. The van der Waals surface area contributed by atoms with Crippen LogP contribution >= 0.6 is 0 Å². The highest BCUT2D eigenvalue weighted by molar-refractivity contribution is 6.37. The van der Waals surface area contributed by atoms with Crippen molar-refractivity contribution in [2.45, 2.75) is 0 Å². The highest BCUT2D eigenvalue weighted by Gasteiger charge is 2.21. The molecule has 0 saturated carbocycles. The molecule has 0 aliphatic heterocycles. The van der Waals surface area contributed by atoms with Crippen molar-refractivity contribution in [3.05, 3.63) is 206 Å². The fraction of sp³-hybridized carbons (Fsp3) is 0. The summed E-state index contributed by atoms with van der Waals surface area (Å²) in [6.45, 7) is 0. The van der Waals surface area contributed by atoms with E-state index in [0.29, 0.717) is 0 Å². The molecular formula is C56H34N2. The summed E-state index contributed by atoms with van der Waals surface area (Å²) in [6, 6.07) is 76.6. The molecule has 13 rings (SSSR count). The van der Waals surface area contributed by atoms with Crippen LogP contribution in [-0.2, 0) is 0 Å². The minimum Gasteiger partial charge on any atom is -0.310 e. The monoisotopic (exact) mass is 734 g/mol. The molecule has 2 heteroatoms. The Balaban J connectivity index is 1.18. The molecule has 1 aromatic heterocycles. The summed E-state index contributed by atoms with van der Waals surface area (Å²) in [4.78, 5) is 2.49. The van der Waals surface area contributed by atoms with E-state index in [9.17, 15) is 0 Å².